The van der Waals surface area contributed by atoms with Gasteiger partial charge in [0.2, 0.25) is 5.78 Å². The number of carbonyl (C=O) groups is 1. The largest absolute Gasteiger partial charge is 0.452 e. The molecule has 0 N–H and O–H groups in total. The zero-order chi connectivity index (χ0) is 11.0. The zero-order valence-corrected chi connectivity index (χ0v) is 8.83. The first-order chi connectivity index (χ1) is 7.13. The van der Waals surface area contributed by atoms with Gasteiger partial charge >= 0.3 is 0 Å². The maximum absolute atomic E-state index is 11.4. The van der Waals surface area contributed by atoms with Crippen molar-refractivity contribution in [2.24, 2.45) is 0 Å². The van der Waals surface area contributed by atoms with E-state index in [1.54, 1.807) is 6.07 Å². The van der Waals surface area contributed by atoms with Crippen LogP contribution in [0.25, 0.3) is 11.0 Å². The number of rotatable bonds is 2. The molecule has 76 valence electrons. The van der Waals surface area contributed by atoms with Gasteiger partial charge in [0.1, 0.15) is 5.58 Å². The minimum Gasteiger partial charge on any atom is -0.452 e. The molecule has 0 amide bonds. The molecule has 0 radical (unpaired) electrons. The Balaban J connectivity index is 2.75. The minimum atomic E-state index is -0.176. The molecule has 2 nitrogen and oxygen atoms in total. The van der Waals surface area contributed by atoms with Crippen LogP contribution in [0.5, 0.6) is 0 Å². The molecule has 0 aliphatic heterocycles. The first-order valence-electron chi connectivity index (χ1n) is 4.80. The lowest BCUT2D eigenvalue weighted by atomic mass is 10.1. The van der Waals surface area contributed by atoms with Crippen molar-refractivity contribution in [2.45, 2.75) is 13.8 Å². The van der Waals surface area contributed by atoms with E-state index in [2.05, 4.69) is 6.58 Å². The lowest BCUT2D eigenvalue weighted by Gasteiger charge is -1.96. The van der Waals surface area contributed by atoms with Crippen molar-refractivity contribution in [3.05, 3.63) is 47.7 Å². The van der Waals surface area contributed by atoms with Crippen LogP contribution in [0.15, 0.2) is 35.3 Å². The smallest absolute Gasteiger partial charge is 0.220 e. The second-order valence-corrected chi connectivity index (χ2v) is 3.62. The van der Waals surface area contributed by atoms with Crippen molar-refractivity contribution in [1.82, 2.24) is 0 Å². The van der Waals surface area contributed by atoms with E-state index < -0.39 is 0 Å². The van der Waals surface area contributed by atoms with Gasteiger partial charge in [0.05, 0.1) is 0 Å². The number of aryl methyl sites for hydroxylation is 2. The number of allylic oxidation sites excluding steroid dienone is 1. The fourth-order valence-electron chi connectivity index (χ4n) is 1.61. The maximum Gasteiger partial charge on any atom is 0.220 e. The molecule has 2 aromatic rings. The first kappa shape index (κ1) is 9.71. The van der Waals surface area contributed by atoms with Gasteiger partial charge in [-0.3, -0.25) is 4.79 Å². The summed E-state index contributed by atoms with van der Waals surface area (Å²) in [5.41, 5.74) is 2.95. The number of benzene rings is 1. The highest BCUT2D eigenvalue weighted by Crippen LogP contribution is 2.26. The quantitative estimate of drug-likeness (QED) is 0.549. The molecule has 2 rings (SSSR count). The van der Waals surface area contributed by atoms with Crippen LogP contribution in [0.1, 0.15) is 21.7 Å². The molecule has 0 spiro atoms. The highest BCUT2D eigenvalue weighted by Gasteiger charge is 2.11. The van der Waals surface area contributed by atoms with Crippen LogP contribution >= 0.6 is 0 Å². The van der Waals surface area contributed by atoms with Crippen LogP contribution in [-0.4, -0.2) is 5.78 Å². The third-order valence-electron chi connectivity index (χ3n) is 2.53. The lowest BCUT2D eigenvalue weighted by molar-refractivity contribution is 0.102. The predicted molar refractivity (Wildman–Crippen MR) is 60.2 cm³/mol. The third-order valence-corrected chi connectivity index (χ3v) is 2.53. The van der Waals surface area contributed by atoms with Crippen molar-refractivity contribution < 1.29 is 9.21 Å². The SMILES string of the molecule is C=CC(=O)c1cc2c(C)ccc(C)c2o1. The summed E-state index contributed by atoms with van der Waals surface area (Å²) in [4.78, 5) is 11.4. The van der Waals surface area contributed by atoms with E-state index in [-0.39, 0.29) is 5.78 Å². The Morgan fingerprint density at radius 2 is 2.00 bits per heavy atom. The molecule has 2 heteroatoms. The number of carbonyl (C=O) groups excluding carboxylic acids is 1. The molecule has 1 aromatic carbocycles. The summed E-state index contributed by atoms with van der Waals surface area (Å²) < 4.78 is 5.51. The summed E-state index contributed by atoms with van der Waals surface area (Å²) in [6.07, 6.45) is 1.27. The van der Waals surface area contributed by atoms with Gasteiger partial charge in [0.25, 0.3) is 0 Å². The van der Waals surface area contributed by atoms with E-state index in [4.69, 9.17) is 4.42 Å². The van der Waals surface area contributed by atoms with Gasteiger partial charge in [0.15, 0.2) is 5.76 Å². The van der Waals surface area contributed by atoms with Crippen molar-refractivity contribution in [2.75, 3.05) is 0 Å². The summed E-state index contributed by atoms with van der Waals surface area (Å²) in [7, 11) is 0. The summed E-state index contributed by atoms with van der Waals surface area (Å²) in [6.45, 7) is 7.41. The molecular formula is C13H12O2. The van der Waals surface area contributed by atoms with Crippen molar-refractivity contribution >= 4 is 16.8 Å². The molecule has 15 heavy (non-hydrogen) atoms. The lowest BCUT2D eigenvalue weighted by Crippen LogP contribution is -1.88. The third kappa shape index (κ3) is 1.48. The number of fused-ring (bicyclic) bond motifs is 1. The Morgan fingerprint density at radius 1 is 1.33 bits per heavy atom. The van der Waals surface area contributed by atoms with Crippen LogP contribution in [0.3, 0.4) is 0 Å². The minimum absolute atomic E-state index is 0.176. The van der Waals surface area contributed by atoms with E-state index in [0.717, 1.165) is 22.1 Å². The highest BCUT2D eigenvalue weighted by atomic mass is 16.3. The normalized spacial score (nSPS) is 10.5. The maximum atomic E-state index is 11.4. The van der Waals surface area contributed by atoms with E-state index in [0.29, 0.717) is 5.76 Å². The fraction of sp³-hybridized carbons (Fsp3) is 0.154. The summed E-state index contributed by atoms with van der Waals surface area (Å²) >= 11 is 0. The van der Waals surface area contributed by atoms with Crippen LogP contribution in [0.4, 0.5) is 0 Å². The predicted octanol–water partition coefficient (Wildman–Crippen LogP) is 3.42. The first-order valence-corrected chi connectivity index (χ1v) is 4.80. The van der Waals surface area contributed by atoms with Crippen molar-refractivity contribution in [3.63, 3.8) is 0 Å². The molecule has 0 unspecified atom stereocenters. The van der Waals surface area contributed by atoms with Crippen LogP contribution < -0.4 is 0 Å². The van der Waals surface area contributed by atoms with Crippen molar-refractivity contribution in [3.8, 4) is 0 Å². The molecular weight excluding hydrogens is 188 g/mol. The Kier molecular flexibility index (Phi) is 2.19. The number of furan rings is 1. The zero-order valence-electron chi connectivity index (χ0n) is 8.83. The average Bonchev–Trinajstić information content (AvgIpc) is 2.68. The number of hydrogen-bond donors (Lipinski definition) is 0. The Bertz CT molecular complexity index is 508. The standard InChI is InChI=1S/C13H12O2/c1-4-11(14)12-7-10-8(2)5-6-9(3)13(10)15-12/h4-7H,1H2,2-3H3. The molecule has 0 saturated heterocycles. The van der Waals surface area contributed by atoms with Crippen LogP contribution in [0.2, 0.25) is 0 Å². The van der Waals surface area contributed by atoms with Crippen LogP contribution in [-0.2, 0) is 0 Å². The van der Waals surface area contributed by atoms with Crippen molar-refractivity contribution in [1.29, 1.82) is 0 Å². The summed E-state index contributed by atoms with van der Waals surface area (Å²) in [5.74, 6) is 0.183. The molecule has 1 heterocycles. The Labute approximate surface area is 88.2 Å². The number of ketones is 1. The van der Waals surface area contributed by atoms with Gasteiger partial charge in [-0.15, -0.1) is 0 Å². The van der Waals surface area contributed by atoms with E-state index in [1.165, 1.54) is 6.08 Å². The Hall–Kier alpha value is -1.83. The average molecular weight is 200 g/mol. The van der Waals surface area contributed by atoms with Gasteiger partial charge in [-0.05, 0) is 37.1 Å². The van der Waals surface area contributed by atoms with E-state index in [1.807, 2.05) is 26.0 Å². The van der Waals surface area contributed by atoms with Gasteiger partial charge < -0.3 is 4.42 Å². The van der Waals surface area contributed by atoms with E-state index in [9.17, 15) is 4.79 Å². The summed E-state index contributed by atoms with van der Waals surface area (Å²) in [6, 6.07) is 5.79. The second-order valence-electron chi connectivity index (χ2n) is 3.62. The molecule has 1 aromatic heterocycles. The monoisotopic (exact) mass is 200 g/mol. The molecule has 0 fully saturated rings. The number of hydrogen-bond acceptors (Lipinski definition) is 2. The van der Waals surface area contributed by atoms with Crippen LogP contribution in [0, 0.1) is 13.8 Å². The van der Waals surface area contributed by atoms with Gasteiger partial charge in [-0.1, -0.05) is 18.7 Å². The molecule has 0 saturated carbocycles. The Morgan fingerprint density at radius 3 is 2.60 bits per heavy atom. The highest BCUT2D eigenvalue weighted by molar-refractivity contribution is 6.05. The molecule has 0 bridgehead atoms. The van der Waals surface area contributed by atoms with Gasteiger partial charge in [0, 0.05) is 5.39 Å². The van der Waals surface area contributed by atoms with E-state index >= 15 is 0 Å². The van der Waals surface area contributed by atoms with Gasteiger partial charge in [-0.25, -0.2) is 0 Å². The molecule has 0 atom stereocenters. The van der Waals surface area contributed by atoms with Gasteiger partial charge in [-0.2, -0.15) is 0 Å². The fourth-order valence-corrected chi connectivity index (χ4v) is 1.61. The second kappa shape index (κ2) is 3.39. The molecule has 0 aliphatic carbocycles. The topological polar surface area (TPSA) is 30.2 Å². The molecule has 0 aliphatic rings. The summed E-state index contributed by atoms with van der Waals surface area (Å²) in [5, 5.41) is 1.00.